The first kappa shape index (κ1) is 14.4. The summed E-state index contributed by atoms with van der Waals surface area (Å²) in [5.74, 6) is -0.325. The second-order valence-electron chi connectivity index (χ2n) is 4.78. The summed E-state index contributed by atoms with van der Waals surface area (Å²) in [6.07, 6.45) is 1.77. The molecule has 106 valence electrons. The van der Waals surface area contributed by atoms with Gasteiger partial charge in [-0.05, 0) is 37.0 Å². The van der Waals surface area contributed by atoms with Gasteiger partial charge in [-0.3, -0.25) is 0 Å². The van der Waals surface area contributed by atoms with Crippen molar-refractivity contribution >= 4 is 10.0 Å². The number of hydrogen-bond acceptors (Lipinski definition) is 3. The molecule has 1 atom stereocenters. The van der Waals surface area contributed by atoms with Crippen molar-refractivity contribution in [3.63, 3.8) is 0 Å². The number of hydrogen-bond donors (Lipinski definition) is 0. The van der Waals surface area contributed by atoms with Crippen LogP contribution in [0.1, 0.15) is 12.8 Å². The maximum absolute atomic E-state index is 13.2. The molecule has 1 aromatic rings. The van der Waals surface area contributed by atoms with Crippen molar-refractivity contribution in [2.75, 3.05) is 26.8 Å². The van der Waals surface area contributed by atoms with Crippen molar-refractivity contribution in [1.82, 2.24) is 4.31 Å². The Labute approximate surface area is 113 Å². The van der Waals surface area contributed by atoms with Crippen molar-refractivity contribution in [2.24, 2.45) is 5.92 Å². The molecule has 4 nitrogen and oxygen atoms in total. The molecule has 0 radical (unpaired) electrons. The van der Waals surface area contributed by atoms with Gasteiger partial charge in [-0.25, -0.2) is 12.8 Å². The zero-order valence-corrected chi connectivity index (χ0v) is 11.7. The summed E-state index contributed by atoms with van der Waals surface area (Å²) in [6, 6.07) is 5.15. The molecule has 1 aliphatic rings. The molecule has 0 aromatic heterocycles. The lowest BCUT2D eigenvalue weighted by atomic mass is 10.0. The van der Waals surface area contributed by atoms with Crippen molar-refractivity contribution in [3.05, 3.63) is 30.1 Å². The van der Waals surface area contributed by atoms with E-state index in [2.05, 4.69) is 0 Å². The first-order valence-electron chi connectivity index (χ1n) is 6.28. The Kier molecular flexibility index (Phi) is 4.54. The van der Waals surface area contributed by atoms with E-state index in [9.17, 15) is 12.8 Å². The molecule has 1 saturated heterocycles. The second kappa shape index (κ2) is 5.98. The zero-order chi connectivity index (χ0) is 13.9. The lowest BCUT2D eigenvalue weighted by molar-refractivity contribution is 0.118. The molecule has 2 rings (SSSR count). The number of rotatable bonds is 4. The summed E-state index contributed by atoms with van der Waals surface area (Å²) >= 11 is 0. The summed E-state index contributed by atoms with van der Waals surface area (Å²) in [4.78, 5) is 0.0190. The monoisotopic (exact) mass is 287 g/mol. The standard InChI is InChI=1S/C13H18FNO3S/c1-18-10-11-4-3-7-15(9-11)19(16,17)13-6-2-5-12(14)8-13/h2,5-6,8,11H,3-4,7,9-10H2,1H3. The molecule has 1 unspecified atom stereocenters. The average molecular weight is 287 g/mol. The fourth-order valence-corrected chi connectivity index (χ4v) is 3.98. The number of piperidine rings is 1. The van der Waals surface area contributed by atoms with E-state index < -0.39 is 15.8 Å². The maximum Gasteiger partial charge on any atom is 0.243 e. The van der Waals surface area contributed by atoms with Gasteiger partial charge in [-0.1, -0.05) is 6.07 Å². The predicted octanol–water partition coefficient (Wildman–Crippen LogP) is 1.87. The number of halogens is 1. The van der Waals surface area contributed by atoms with Gasteiger partial charge < -0.3 is 4.74 Å². The molecule has 0 amide bonds. The predicted molar refractivity (Wildman–Crippen MR) is 69.8 cm³/mol. The Morgan fingerprint density at radius 2 is 2.26 bits per heavy atom. The SMILES string of the molecule is COCC1CCCN(S(=O)(=O)c2cccc(F)c2)C1. The van der Waals surface area contributed by atoms with Gasteiger partial charge >= 0.3 is 0 Å². The minimum atomic E-state index is -3.60. The Hall–Kier alpha value is -0.980. The lowest BCUT2D eigenvalue weighted by Gasteiger charge is -2.31. The van der Waals surface area contributed by atoms with Crippen LogP contribution >= 0.6 is 0 Å². The van der Waals surface area contributed by atoms with E-state index in [1.54, 1.807) is 7.11 Å². The number of benzene rings is 1. The number of nitrogens with zero attached hydrogens (tertiary/aromatic N) is 1. The Bertz CT molecular complexity index is 530. The summed E-state index contributed by atoms with van der Waals surface area (Å²) in [5.41, 5.74) is 0. The molecule has 19 heavy (non-hydrogen) atoms. The molecule has 1 heterocycles. The van der Waals surface area contributed by atoms with Gasteiger partial charge in [0, 0.05) is 20.2 Å². The van der Waals surface area contributed by atoms with Crippen LogP contribution in [0.4, 0.5) is 4.39 Å². The van der Waals surface area contributed by atoms with Crippen LogP contribution in [0, 0.1) is 11.7 Å². The Morgan fingerprint density at radius 3 is 2.95 bits per heavy atom. The Balaban J connectivity index is 2.19. The fourth-order valence-electron chi connectivity index (χ4n) is 2.39. The van der Waals surface area contributed by atoms with Gasteiger partial charge in [-0.2, -0.15) is 4.31 Å². The third-order valence-electron chi connectivity index (χ3n) is 3.32. The van der Waals surface area contributed by atoms with Crippen molar-refractivity contribution in [3.8, 4) is 0 Å². The molecular formula is C13H18FNO3S. The topological polar surface area (TPSA) is 46.6 Å². The second-order valence-corrected chi connectivity index (χ2v) is 6.72. The van der Waals surface area contributed by atoms with E-state index in [0.29, 0.717) is 19.7 Å². The van der Waals surface area contributed by atoms with Crippen molar-refractivity contribution in [2.45, 2.75) is 17.7 Å². The molecule has 1 aromatic carbocycles. The van der Waals surface area contributed by atoms with Crippen molar-refractivity contribution in [1.29, 1.82) is 0 Å². The lowest BCUT2D eigenvalue weighted by Crippen LogP contribution is -2.41. The minimum Gasteiger partial charge on any atom is -0.384 e. The van der Waals surface area contributed by atoms with E-state index in [4.69, 9.17) is 4.74 Å². The smallest absolute Gasteiger partial charge is 0.243 e. The average Bonchev–Trinajstić information content (AvgIpc) is 2.39. The molecular weight excluding hydrogens is 269 g/mol. The highest BCUT2D eigenvalue weighted by Gasteiger charge is 2.30. The first-order valence-corrected chi connectivity index (χ1v) is 7.72. The van der Waals surface area contributed by atoms with Crippen LogP contribution in [0.5, 0.6) is 0 Å². The number of methoxy groups -OCH3 is 1. The summed E-state index contributed by atoms with van der Waals surface area (Å²) in [6.45, 7) is 1.47. The third-order valence-corrected chi connectivity index (χ3v) is 5.18. The van der Waals surface area contributed by atoms with Crippen LogP contribution in [-0.4, -0.2) is 39.5 Å². The highest BCUT2D eigenvalue weighted by atomic mass is 32.2. The van der Waals surface area contributed by atoms with Gasteiger partial charge in [0.05, 0.1) is 11.5 Å². The quantitative estimate of drug-likeness (QED) is 0.849. The zero-order valence-electron chi connectivity index (χ0n) is 10.9. The number of sulfonamides is 1. The number of ether oxygens (including phenoxy) is 1. The van der Waals surface area contributed by atoms with E-state index >= 15 is 0 Å². The van der Waals surface area contributed by atoms with Gasteiger partial charge in [0.1, 0.15) is 5.82 Å². The Morgan fingerprint density at radius 1 is 1.47 bits per heavy atom. The van der Waals surface area contributed by atoms with Gasteiger partial charge in [0.15, 0.2) is 0 Å². The van der Waals surface area contributed by atoms with Crippen LogP contribution in [0.2, 0.25) is 0 Å². The van der Waals surface area contributed by atoms with Crippen LogP contribution in [0.3, 0.4) is 0 Å². The summed E-state index contributed by atoms with van der Waals surface area (Å²) < 4.78 is 44.5. The fraction of sp³-hybridized carbons (Fsp3) is 0.538. The van der Waals surface area contributed by atoms with Crippen LogP contribution < -0.4 is 0 Å². The largest absolute Gasteiger partial charge is 0.384 e. The van der Waals surface area contributed by atoms with E-state index in [0.717, 1.165) is 18.9 Å². The highest BCUT2D eigenvalue weighted by molar-refractivity contribution is 7.89. The third kappa shape index (κ3) is 3.32. The molecule has 6 heteroatoms. The normalized spacial score (nSPS) is 21.5. The molecule has 0 N–H and O–H groups in total. The molecule has 0 saturated carbocycles. The van der Waals surface area contributed by atoms with Crippen LogP contribution in [0.15, 0.2) is 29.2 Å². The van der Waals surface area contributed by atoms with E-state index in [-0.39, 0.29) is 10.8 Å². The molecule has 1 aliphatic heterocycles. The molecule has 0 aliphatic carbocycles. The molecule has 1 fully saturated rings. The summed E-state index contributed by atoms with van der Waals surface area (Å²) in [5, 5.41) is 0. The van der Waals surface area contributed by atoms with Gasteiger partial charge in [-0.15, -0.1) is 0 Å². The molecule has 0 spiro atoms. The van der Waals surface area contributed by atoms with Gasteiger partial charge in [0.25, 0.3) is 0 Å². The maximum atomic E-state index is 13.2. The van der Waals surface area contributed by atoms with Crippen molar-refractivity contribution < 1.29 is 17.5 Å². The molecule has 0 bridgehead atoms. The van der Waals surface area contributed by atoms with Gasteiger partial charge in [0.2, 0.25) is 10.0 Å². The minimum absolute atomic E-state index is 0.0190. The van der Waals surface area contributed by atoms with Crippen LogP contribution in [0.25, 0.3) is 0 Å². The highest BCUT2D eigenvalue weighted by Crippen LogP contribution is 2.24. The van der Waals surface area contributed by atoms with E-state index in [1.165, 1.54) is 22.5 Å². The first-order chi connectivity index (χ1) is 9.04. The summed E-state index contributed by atoms with van der Waals surface area (Å²) in [7, 11) is -1.99. The van der Waals surface area contributed by atoms with E-state index in [1.807, 2.05) is 0 Å². The van der Waals surface area contributed by atoms with Crippen LogP contribution in [-0.2, 0) is 14.8 Å².